The van der Waals surface area contributed by atoms with Gasteiger partial charge in [-0.1, -0.05) is 92.7 Å². The molecule has 4 rings (SSSR count). The molecule has 0 heterocycles. The number of rotatable bonds is 7. The third kappa shape index (κ3) is 5.04. The number of aliphatic carboxylic acids is 1. The van der Waals surface area contributed by atoms with E-state index in [4.69, 9.17) is 9.47 Å². The highest BCUT2D eigenvalue weighted by Crippen LogP contribution is 2.44. The Labute approximate surface area is 203 Å². The van der Waals surface area contributed by atoms with Gasteiger partial charge in [0.2, 0.25) is 0 Å². The van der Waals surface area contributed by atoms with Crippen LogP contribution in [0, 0.1) is 5.92 Å². The van der Waals surface area contributed by atoms with Gasteiger partial charge in [-0.25, -0.2) is 14.4 Å². The molecule has 1 atom stereocenters. The smallest absolute Gasteiger partial charge is 0.420 e. The van der Waals surface area contributed by atoms with Crippen LogP contribution < -0.4 is 0 Å². The maximum absolute atomic E-state index is 13.2. The molecule has 180 valence electrons. The molecule has 0 bridgehead atoms. The molecule has 0 radical (unpaired) electrons. The van der Waals surface area contributed by atoms with Crippen molar-refractivity contribution in [2.45, 2.75) is 32.4 Å². The quantitative estimate of drug-likeness (QED) is 0.474. The van der Waals surface area contributed by atoms with Gasteiger partial charge in [-0.2, -0.15) is 4.90 Å². The molecule has 0 saturated heterocycles. The predicted molar refractivity (Wildman–Crippen MR) is 130 cm³/mol. The van der Waals surface area contributed by atoms with Gasteiger partial charge in [-0.15, -0.1) is 0 Å². The molecule has 0 fully saturated rings. The second kappa shape index (κ2) is 10.4. The van der Waals surface area contributed by atoms with Crippen molar-refractivity contribution in [3.8, 4) is 11.1 Å². The Kier molecular flexibility index (Phi) is 7.15. The first-order valence-corrected chi connectivity index (χ1v) is 11.5. The normalized spacial score (nSPS) is 13.0. The van der Waals surface area contributed by atoms with Crippen molar-refractivity contribution < 1.29 is 29.0 Å². The molecule has 2 amide bonds. The fourth-order valence-corrected chi connectivity index (χ4v) is 4.45. The number of hydrogen-bond acceptors (Lipinski definition) is 5. The largest absolute Gasteiger partial charge is 0.480 e. The fraction of sp³-hybridized carbons (Fsp3) is 0.250. The molecule has 7 heteroatoms. The minimum absolute atomic E-state index is 0.0419. The van der Waals surface area contributed by atoms with Crippen LogP contribution in [0.2, 0.25) is 0 Å². The molecule has 0 aromatic heterocycles. The molecule has 35 heavy (non-hydrogen) atoms. The lowest BCUT2D eigenvalue weighted by Crippen LogP contribution is -2.51. The maximum atomic E-state index is 13.2. The maximum Gasteiger partial charge on any atom is 0.420 e. The van der Waals surface area contributed by atoms with Gasteiger partial charge in [-0.05, 0) is 33.7 Å². The van der Waals surface area contributed by atoms with Crippen LogP contribution in [0.3, 0.4) is 0 Å². The van der Waals surface area contributed by atoms with Crippen molar-refractivity contribution in [3.05, 3.63) is 95.6 Å². The van der Waals surface area contributed by atoms with E-state index in [1.165, 1.54) is 0 Å². The molecule has 1 aliphatic rings. The van der Waals surface area contributed by atoms with E-state index in [1.54, 1.807) is 38.1 Å². The van der Waals surface area contributed by atoms with E-state index in [9.17, 15) is 19.5 Å². The van der Waals surface area contributed by atoms with Crippen LogP contribution in [-0.4, -0.2) is 40.8 Å². The molecule has 0 saturated carbocycles. The number of nitrogens with zero attached hydrogens (tertiary/aromatic N) is 1. The third-order valence-electron chi connectivity index (χ3n) is 6.10. The SMILES string of the molecule is CC(C)[C@@H](C(=O)O)N(C(=O)OCc1ccccc1)C(=O)OCC1c2ccccc2-c2ccccc21. The molecule has 3 aromatic carbocycles. The number of carbonyl (C=O) groups excluding carboxylic acids is 2. The summed E-state index contributed by atoms with van der Waals surface area (Å²) in [4.78, 5) is 38.7. The molecule has 1 N–H and O–H groups in total. The van der Waals surface area contributed by atoms with Gasteiger partial charge in [0, 0.05) is 5.92 Å². The van der Waals surface area contributed by atoms with Gasteiger partial charge >= 0.3 is 18.2 Å². The molecular formula is C28H27NO6. The first-order chi connectivity index (χ1) is 16.9. The van der Waals surface area contributed by atoms with Crippen molar-refractivity contribution >= 4 is 18.2 Å². The highest BCUT2D eigenvalue weighted by Gasteiger charge is 2.40. The van der Waals surface area contributed by atoms with Crippen LogP contribution >= 0.6 is 0 Å². The second-order valence-corrected chi connectivity index (χ2v) is 8.74. The van der Waals surface area contributed by atoms with Gasteiger partial charge < -0.3 is 14.6 Å². The zero-order valence-corrected chi connectivity index (χ0v) is 19.6. The lowest BCUT2D eigenvalue weighted by atomic mass is 9.98. The molecule has 1 aliphatic carbocycles. The van der Waals surface area contributed by atoms with Gasteiger partial charge in [0.1, 0.15) is 19.3 Å². The molecule has 0 unspecified atom stereocenters. The molecule has 7 nitrogen and oxygen atoms in total. The number of fused-ring (bicyclic) bond motifs is 3. The minimum Gasteiger partial charge on any atom is -0.480 e. The number of benzene rings is 3. The average molecular weight is 474 g/mol. The number of hydrogen-bond donors (Lipinski definition) is 1. The van der Waals surface area contributed by atoms with Crippen LogP contribution in [0.4, 0.5) is 9.59 Å². The van der Waals surface area contributed by atoms with Gasteiger partial charge in [0.25, 0.3) is 0 Å². The van der Waals surface area contributed by atoms with Crippen LogP contribution in [0.25, 0.3) is 11.1 Å². The van der Waals surface area contributed by atoms with E-state index in [-0.39, 0.29) is 19.1 Å². The van der Waals surface area contributed by atoms with Crippen LogP contribution in [0.1, 0.15) is 36.5 Å². The number of carboxylic acids is 1. The van der Waals surface area contributed by atoms with E-state index in [0.717, 1.165) is 22.3 Å². The zero-order valence-electron chi connectivity index (χ0n) is 19.6. The van der Waals surface area contributed by atoms with E-state index >= 15 is 0 Å². The summed E-state index contributed by atoms with van der Waals surface area (Å²) in [6, 6.07) is 23.3. The van der Waals surface area contributed by atoms with Crippen molar-refractivity contribution in [1.82, 2.24) is 4.90 Å². The van der Waals surface area contributed by atoms with E-state index in [2.05, 4.69) is 0 Å². The summed E-state index contributed by atoms with van der Waals surface area (Å²) in [5.74, 6) is -2.10. The third-order valence-corrected chi connectivity index (χ3v) is 6.10. The number of carbonyl (C=O) groups is 3. The summed E-state index contributed by atoms with van der Waals surface area (Å²) >= 11 is 0. The predicted octanol–water partition coefficient (Wildman–Crippen LogP) is 5.68. The van der Waals surface area contributed by atoms with Crippen LogP contribution in [0.5, 0.6) is 0 Å². The monoisotopic (exact) mass is 473 g/mol. The fourth-order valence-electron chi connectivity index (χ4n) is 4.45. The van der Waals surface area contributed by atoms with E-state index in [1.807, 2.05) is 54.6 Å². The Morgan fingerprint density at radius 1 is 0.800 bits per heavy atom. The Hall–Kier alpha value is -4.13. The van der Waals surface area contributed by atoms with Gasteiger partial charge in [-0.3, -0.25) is 0 Å². The van der Waals surface area contributed by atoms with Crippen molar-refractivity contribution in [3.63, 3.8) is 0 Å². The number of carboxylic acid groups (broad SMARTS) is 1. The van der Waals surface area contributed by atoms with Crippen molar-refractivity contribution in [2.24, 2.45) is 5.92 Å². The second-order valence-electron chi connectivity index (χ2n) is 8.74. The minimum atomic E-state index is -1.44. The van der Waals surface area contributed by atoms with Crippen LogP contribution in [-0.2, 0) is 20.9 Å². The summed E-state index contributed by atoms with van der Waals surface area (Å²) in [5.41, 5.74) is 4.86. The zero-order chi connectivity index (χ0) is 24.9. The molecule has 0 spiro atoms. The number of amides is 2. The molecular weight excluding hydrogens is 446 g/mol. The standard InChI is InChI=1S/C28H27NO6/c1-18(2)25(26(30)31)29(27(32)34-16-19-10-4-3-5-11-19)28(33)35-17-24-22-14-8-6-12-20(22)21-13-7-9-15-23(21)24/h3-15,18,24-25H,16-17H2,1-2H3,(H,30,31)/t25-/m0/s1. The molecule has 0 aliphatic heterocycles. The Balaban J connectivity index is 1.54. The van der Waals surface area contributed by atoms with E-state index in [0.29, 0.717) is 10.5 Å². The average Bonchev–Trinajstić information content (AvgIpc) is 3.18. The number of ether oxygens (including phenoxy) is 2. The lowest BCUT2D eigenvalue weighted by Gasteiger charge is -2.28. The first kappa shape index (κ1) is 24.0. The topological polar surface area (TPSA) is 93.1 Å². The highest BCUT2D eigenvalue weighted by atomic mass is 16.6. The van der Waals surface area contributed by atoms with Crippen LogP contribution in [0.15, 0.2) is 78.9 Å². The summed E-state index contributed by atoms with van der Waals surface area (Å²) in [6.07, 6.45) is -2.11. The summed E-state index contributed by atoms with van der Waals surface area (Å²) in [7, 11) is 0. The Morgan fingerprint density at radius 3 is 1.86 bits per heavy atom. The molecule has 3 aromatic rings. The summed E-state index contributed by atoms with van der Waals surface area (Å²) in [6.45, 7) is 3.09. The van der Waals surface area contributed by atoms with E-state index < -0.39 is 30.1 Å². The van der Waals surface area contributed by atoms with Gasteiger partial charge in [0.15, 0.2) is 0 Å². The summed E-state index contributed by atoms with van der Waals surface area (Å²) in [5, 5.41) is 9.78. The Bertz CT molecular complexity index is 1180. The Morgan fingerprint density at radius 2 is 1.31 bits per heavy atom. The first-order valence-electron chi connectivity index (χ1n) is 11.5. The van der Waals surface area contributed by atoms with Gasteiger partial charge in [0.05, 0.1) is 0 Å². The number of imide groups is 1. The summed E-state index contributed by atoms with van der Waals surface area (Å²) < 4.78 is 10.9. The highest BCUT2D eigenvalue weighted by molar-refractivity contribution is 5.93. The lowest BCUT2D eigenvalue weighted by molar-refractivity contribution is -0.143. The van der Waals surface area contributed by atoms with Crippen molar-refractivity contribution in [2.75, 3.05) is 6.61 Å². The van der Waals surface area contributed by atoms with Crippen molar-refractivity contribution in [1.29, 1.82) is 0 Å².